The number of hydrogen-bond donors (Lipinski definition) is 2. The van der Waals surface area contributed by atoms with Gasteiger partial charge in [0, 0.05) is 0 Å². The van der Waals surface area contributed by atoms with Gasteiger partial charge in [0.15, 0.2) is 0 Å². The Hall–Kier alpha value is -1.10. The first-order valence-electron chi connectivity index (χ1n) is 2.98. The van der Waals surface area contributed by atoms with Crippen molar-refractivity contribution >= 4 is 0 Å². The van der Waals surface area contributed by atoms with Crippen LogP contribution in [0.1, 0.15) is 12.8 Å². The third-order valence-corrected chi connectivity index (χ3v) is 2.11. The maximum absolute atomic E-state index is 8.51. The molecule has 0 aliphatic heterocycles. The predicted octanol–water partition coefficient (Wildman–Crippen LogP) is -0.778. The van der Waals surface area contributed by atoms with E-state index >= 15 is 0 Å². The van der Waals surface area contributed by atoms with E-state index in [1.54, 1.807) is 0 Å². The lowest BCUT2D eigenvalue weighted by molar-refractivity contribution is 0.196. The molecule has 4 N–H and O–H groups in total. The predicted molar refractivity (Wildman–Crippen MR) is 34.3 cm³/mol. The molecule has 4 heteroatoms. The lowest BCUT2D eigenvalue weighted by atomic mass is 9.63. The third kappa shape index (κ3) is 0.550. The third-order valence-electron chi connectivity index (χ3n) is 2.11. The summed E-state index contributed by atoms with van der Waals surface area (Å²) in [4.78, 5) is 0. The Morgan fingerprint density at radius 1 is 1.00 bits per heavy atom. The van der Waals surface area contributed by atoms with Gasteiger partial charge in [-0.15, -0.1) is 0 Å². The van der Waals surface area contributed by atoms with Crippen molar-refractivity contribution in [2.75, 3.05) is 0 Å². The summed E-state index contributed by atoms with van der Waals surface area (Å²) in [6, 6.07) is 3.70. The number of nitriles is 2. The smallest absolute Gasteiger partial charge is 0.136 e. The Kier molecular flexibility index (Phi) is 1.19. The molecular formula is C6H8N4. The van der Waals surface area contributed by atoms with Gasteiger partial charge in [-0.2, -0.15) is 10.5 Å². The van der Waals surface area contributed by atoms with E-state index in [-0.39, 0.29) is 0 Å². The van der Waals surface area contributed by atoms with E-state index < -0.39 is 11.1 Å². The van der Waals surface area contributed by atoms with Crippen LogP contribution in [0.4, 0.5) is 0 Å². The van der Waals surface area contributed by atoms with Crippen molar-refractivity contribution in [3.05, 3.63) is 0 Å². The van der Waals surface area contributed by atoms with Gasteiger partial charge in [0.05, 0.1) is 12.1 Å². The van der Waals surface area contributed by atoms with Gasteiger partial charge < -0.3 is 11.5 Å². The topological polar surface area (TPSA) is 99.6 Å². The van der Waals surface area contributed by atoms with Crippen LogP contribution in [0.3, 0.4) is 0 Å². The molecule has 0 aromatic carbocycles. The van der Waals surface area contributed by atoms with Gasteiger partial charge in [0.1, 0.15) is 11.1 Å². The number of rotatable bonds is 0. The van der Waals surface area contributed by atoms with Crippen LogP contribution in [0.2, 0.25) is 0 Å². The minimum atomic E-state index is -1.11. The van der Waals surface area contributed by atoms with Crippen molar-refractivity contribution in [2.45, 2.75) is 23.9 Å². The van der Waals surface area contributed by atoms with Gasteiger partial charge in [-0.05, 0) is 12.8 Å². The van der Waals surface area contributed by atoms with Crippen LogP contribution in [-0.4, -0.2) is 11.1 Å². The lowest BCUT2D eigenvalue weighted by Gasteiger charge is -2.45. The summed E-state index contributed by atoms with van der Waals surface area (Å²) >= 11 is 0. The van der Waals surface area contributed by atoms with Gasteiger partial charge in [-0.3, -0.25) is 0 Å². The van der Waals surface area contributed by atoms with E-state index in [1.807, 2.05) is 12.1 Å². The Balaban J connectivity index is 2.90. The molecule has 1 rings (SSSR count). The SMILES string of the molecule is N#C[C@]1(N)CC[C@@]1(N)C#N. The highest BCUT2D eigenvalue weighted by Crippen LogP contribution is 2.37. The molecule has 4 nitrogen and oxygen atoms in total. The van der Waals surface area contributed by atoms with E-state index in [0.717, 1.165) is 0 Å². The van der Waals surface area contributed by atoms with Crippen LogP contribution >= 0.6 is 0 Å². The first-order chi connectivity index (χ1) is 4.58. The van der Waals surface area contributed by atoms with Crippen molar-refractivity contribution in [3.8, 4) is 12.1 Å². The minimum Gasteiger partial charge on any atom is -0.311 e. The van der Waals surface area contributed by atoms with Crippen molar-refractivity contribution < 1.29 is 0 Å². The highest BCUT2D eigenvalue weighted by molar-refractivity contribution is 5.34. The highest BCUT2D eigenvalue weighted by atomic mass is 15.0. The average Bonchev–Trinajstić information content (AvgIpc) is 1.99. The van der Waals surface area contributed by atoms with Crippen molar-refractivity contribution in [3.63, 3.8) is 0 Å². The molecule has 52 valence electrons. The first kappa shape index (κ1) is 7.01. The first-order valence-corrected chi connectivity index (χ1v) is 2.98. The van der Waals surface area contributed by atoms with Crippen LogP contribution in [0.25, 0.3) is 0 Å². The second-order valence-corrected chi connectivity index (χ2v) is 2.67. The second-order valence-electron chi connectivity index (χ2n) is 2.67. The molecule has 0 amide bonds. The molecule has 10 heavy (non-hydrogen) atoms. The zero-order chi connectivity index (χ0) is 7.83. The zero-order valence-corrected chi connectivity index (χ0v) is 5.46. The van der Waals surface area contributed by atoms with Crippen LogP contribution in [-0.2, 0) is 0 Å². The molecule has 0 heterocycles. The summed E-state index contributed by atoms with van der Waals surface area (Å²) in [5, 5.41) is 17.0. The molecule has 1 aliphatic carbocycles. The van der Waals surface area contributed by atoms with E-state index in [4.69, 9.17) is 22.0 Å². The van der Waals surface area contributed by atoms with Gasteiger partial charge >= 0.3 is 0 Å². The zero-order valence-electron chi connectivity index (χ0n) is 5.46. The molecule has 0 bridgehead atoms. The van der Waals surface area contributed by atoms with Crippen LogP contribution in [0.5, 0.6) is 0 Å². The quantitative estimate of drug-likeness (QED) is 0.456. The average molecular weight is 136 g/mol. The lowest BCUT2D eigenvalue weighted by Crippen LogP contribution is -2.72. The van der Waals surface area contributed by atoms with Crippen LogP contribution in [0, 0.1) is 22.7 Å². The Labute approximate surface area is 59.0 Å². The molecule has 1 saturated carbocycles. The van der Waals surface area contributed by atoms with Crippen LogP contribution < -0.4 is 11.5 Å². The Morgan fingerprint density at radius 2 is 1.30 bits per heavy atom. The number of nitrogens with two attached hydrogens (primary N) is 2. The molecule has 0 aromatic heterocycles. The van der Waals surface area contributed by atoms with Gasteiger partial charge in [-0.25, -0.2) is 0 Å². The second kappa shape index (κ2) is 1.69. The number of hydrogen-bond acceptors (Lipinski definition) is 4. The molecule has 2 atom stereocenters. The summed E-state index contributed by atoms with van der Waals surface area (Å²) in [6.07, 6.45) is 1.04. The van der Waals surface area contributed by atoms with E-state index in [0.29, 0.717) is 12.8 Å². The molecule has 1 fully saturated rings. The van der Waals surface area contributed by atoms with Gasteiger partial charge in [0.25, 0.3) is 0 Å². The van der Waals surface area contributed by atoms with E-state index in [2.05, 4.69) is 0 Å². The van der Waals surface area contributed by atoms with E-state index in [1.165, 1.54) is 0 Å². The monoisotopic (exact) mass is 136 g/mol. The maximum atomic E-state index is 8.51. The fourth-order valence-electron chi connectivity index (χ4n) is 0.975. The molecule has 0 radical (unpaired) electrons. The fraction of sp³-hybridized carbons (Fsp3) is 0.667. The van der Waals surface area contributed by atoms with Crippen LogP contribution in [0.15, 0.2) is 0 Å². The molecule has 0 aromatic rings. The van der Waals surface area contributed by atoms with Crippen molar-refractivity contribution in [2.24, 2.45) is 11.5 Å². The maximum Gasteiger partial charge on any atom is 0.136 e. The molecule has 0 spiro atoms. The van der Waals surface area contributed by atoms with Gasteiger partial charge in [-0.1, -0.05) is 0 Å². The molecular weight excluding hydrogens is 128 g/mol. The number of nitrogens with zero attached hydrogens (tertiary/aromatic N) is 2. The molecule has 0 unspecified atom stereocenters. The summed E-state index contributed by atoms with van der Waals surface area (Å²) in [5.74, 6) is 0. The standard InChI is InChI=1S/C6H8N4/c7-3-5(9)1-2-6(5,10)4-8/h1-2,9-10H2/t5-,6-/m1/s1. The molecule has 0 saturated heterocycles. The summed E-state index contributed by atoms with van der Waals surface area (Å²) in [5.41, 5.74) is 8.75. The molecule has 1 aliphatic rings. The Morgan fingerprint density at radius 3 is 1.40 bits per heavy atom. The minimum absolute atomic E-state index is 0.521. The highest BCUT2D eigenvalue weighted by Gasteiger charge is 2.55. The fourth-order valence-corrected chi connectivity index (χ4v) is 0.975. The summed E-state index contributed by atoms with van der Waals surface area (Å²) < 4.78 is 0. The van der Waals surface area contributed by atoms with E-state index in [9.17, 15) is 0 Å². The largest absolute Gasteiger partial charge is 0.311 e. The van der Waals surface area contributed by atoms with Crippen molar-refractivity contribution in [1.29, 1.82) is 10.5 Å². The summed E-state index contributed by atoms with van der Waals surface area (Å²) in [7, 11) is 0. The van der Waals surface area contributed by atoms with Gasteiger partial charge in [0.2, 0.25) is 0 Å². The summed E-state index contributed by atoms with van der Waals surface area (Å²) in [6.45, 7) is 0. The Bertz CT molecular complexity index is 209. The normalized spacial score (nSPS) is 44.8. The van der Waals surface area contributed by atoms with Crippen molar-refractivity contribution in [1.82, 2.24) is 0 Å².